The average molecular weight is 385 g/mol. The minimum Gasteiger partial charge on any atom is -0.462 e. The van der Waals surface area contributed by atoms with Crippen molar-refractivity contribution in [2.24, 2.45) is 0 Å². The summed E-state index contributed by atoms with van der Waals surface area (Å²) in [5.74, 6) is 0.448. The zero-order valence-electron chi connectivity index (χ0n) is 12.0. The fourth-order valence-corrected chi connectivity index (χ4v) is 2.95. The summed E-state index contributed by atoms with van der Waals surface area (Å²) in [6.45, 7) is -0.490. The van der Waals surface area contributed by atoms with Crippen LogP contribution in [0.3, 0.4) is 0 Å². The van der Waals surface area contributed by atoms with Gasteiger partial charge in [0.1, 0.15) is 30.2 Å². The van der Waals surface area contributed by atoms with Gasteiger partial charge in [-0.25, -0.2) is 0 Å². The molecule has 5 atom stereocenters. The van der Waals surface area contributed by atoms with Crippen LogP contribution in [0, 0.1) is 0 Å². The van der Waals surface area contributed by atoms with Crippen molar-refractivity contribution in [2.75, 3.05) is 6.61 Å². The quantitative estimate of drug-likeness (QED) is 0.624. The van der Waals surface area contributed by atoms with Crippen molar-refractivity contribution < 1.29 is 29.9 Å². The Hall–Kier alpha value is -1.22. The zero-order chi connectivity index (χ0) is 16.6. The molecule has 1 heterocycles. The Morgan fingerprint density at radius 2 is 1.65 bits per heavy atom. The molecule has 2 aromatic carbocycles. The van der Waals surface area contributed by atoms with Crippen LogP contribution in [0.2, 0.25) is 0 Å². The first-order chi connectivity index (χ1) is 11.0. The van der Waals surface area contributed by atoms with Crippen LogP contribution in [0.4, 0.5) is 0 Å². The highest BCUT2D eigenvalue weighted by Gasteiger charge is 2.44. The topological polar surface area (TPSA) is 99.4 Å². The van der Waals surface area contributed by atoms with E-state index in [9.17, 15) is 20.4 Å². The lowest BCUT2D eigenvalue weighted by Gasteiger charge is -2.39. The molecule has 1 aliphatic heterocycles. The largest absolute Gasteiger partial charge is 0.462 e. The highest BCUT2D eigenvalue weighted by Crippen LogP contribution is 2.28. The summed E-state index contributed by atoms with van der Waals surface area (Å²) in [7, 11) is 0. The summed E-state index contributed by atoms with van der Waals surface area (Å²) in [5, 5.41) is 40.6. The van der Waals surface area contributed by atoms with Crippen LogP contribution >= 0.6 is 15.9 Å². The van der Waals surface area contributed by atoms with Crippen molar-refractivity contribution >= 4 is 26.7 Å². The van der Waals surface area contributed by atoms with Crippen molar-refractivity contribution in [3.63, 3.8) is 0 Å². The molecule has 0 bridgehead atoms. The summed E-state index contributed by atoms with van der Waals surface area (Å²) in [6.07, 6.45) is -6.45. The number of halogens is 1. The van der Waals surface area contributed by atoms with Crippen LogP contribution in [-0.4, -0.2) is 57.7 Å². The third-order valence-corrected chi connectivity index (χ3v) is 4.37. The van der Waals surface area contributed by atoms with E-state index < -0.39 is 37.3 Å². The predicted molar refractivity (Wildman–Crippen MR) is 86.0 cm³/mol. The number of fused-ring (bicyclic) bond motifs is 1. The Balaban J connectivity index is 1.81. The van der Waals surface area contributed by atoms with Gasteiger partial charge >= 0.3 is 0 Å². The molecule has 0 spiro atoms. The van der Waals surface area contributed by atoms with Gasteiger partial charge in [-0.15, -0.1) is 0 Å². The normalized spacial score (nSPS) is 31.3. The highest BCUT2D eigenvalue weighted by atomic mass is 79.9. The maximum atomic E-state index is 9.98. The molecular formula is C16H17BrO6. The predicted octanol–water partition coefficient (Wildman–Crippen LogP) is 0.781. The molecule has 7 heteroatoms. The van der Waals surface area contributed by atoms with E-state index in [4.69, 9.17) is 9.47 Å². The van der Waals surface area contributed by atoms with Gasteiger partial charge in [0.05, 0.1) is 6.61 Å². The Kier molecular flexibility index (Phi) is 4.86. The van der Waals surface area contributed by atoms with Gasteiger partial charge in [0, 0.05) is 4.47 Å². The van der Waals surface area contributed by atoms with Gasteiger partial charge in [-0.3, -0.25) is 0 Å². The van der Waals surface area contributed by atoms with E-state index in [1.54, 1.807) is 12.1 Å². The van der Waals surface area contributed by atoms with Gasteiger partial charge in [-0.1, -0.05) is 28.1 Å². The average Bonchev–Trinajstić information content (AvgIpc) is 2.55. The second kappa shape index (κ2) is 6.72. The molecule has 0 saturated carbocycles. The van der Waals surface area contributed by atoms with E-state index in [1.165, 1.54) is 0 Å². The lowest BCUT2D eigenvalue weighted by atomic mass is 9.99. The lowest BCUT2D eigenvalue weighted by molar-refractivity contribution is -0.277. The maximum Gasteiger partial charge on any atom is 0.229 e. The lowest BCUT2D eigenvalue weighted by Crippen LogP contribution is -2.60. The standard InChI is InChI=1S/C16H17BrO6/c17-10-3-1-9-6-11(4-2-8(9)5-10)22-16-15(21)14(20)13(19)12(7-18)23-16/h1-6,12-16,18-21H,7H2/t12-,13+,14+,15-,16+/m1/s1. The minimum absolute atomic E-state index is 0.448. The van der Waals surface area contributed by atoms with Gasteiger partial charge in [0.2, 0.25) is 6.29 Å². The molecule has 0 radical (unpaired) electrons. The molecule has 1 aliphatic rings. The molecule has 1 saturated heterocycles. The SMILES string of the molecule is OC[C@H]1O[C@H](Oc2ccc3cc(Br)ccc3c2)[C@H](O)[C@@H](O)[C@H]1O. The number of ether oxygens (including phenoxy) is 2. The smallest absolute Gasteiger partial charge is 0.229 e. The molecule has 6 nitrogen and oxygen atoms in total. The molecule has 0 unspecified atom stereocenters. The van der Waals surface area contributed by atoms with Gasteiger partial charge < -0.3 is 29.9 Å². The van der Waals surface area contributed by atoms with Crippen molar-refractivity contribution in [3.8, 4) is 5.75 Å². The van der Waals surface area contributed by atoms with Gasteiger partial charge in [-0.05, 0) is 35.0 Å². The van der Waals surface area contributed by atoms with Crippen LogP contribution in [0.25, 0.3) is 10.8 Å². The van der Waals surface area contributed by atoms with Gasteiger partial charge in [0.25, 0.3) is 0 Å². The maximum absolute atomic E-state index is 9.98. The van der Waals surface area contributed by atoms with Gasteiger partial charge in [0.15, 0.2) is 0 Å². The van der Waals surface area contributed by atoms with E-state index >= 15 is 0 Å². The first-order valence-corrected chi connectivity index (χ1v) is 7.95. The number of aliphatic hydroxyl groups excluding tert-OH is 4. The number of aliphatic hydroxyl groups is 4. The summed E-state index contributed by atoms with van der Waals surface area (Å²) in [4.78, 5) is 0. The van der Waals surface area contributed by atoms with E-state index in [0.717, 1.165) is 15.2 Å². The molecule has 3 rings (SSSR count). The van der Waals surface area contributed by atoms with E-state index in [0.29, 0.717) is 5.75 Å². The first-order valence-electron chi connectivity index (χ1n) is 7.16. The third-order valence-electron chi connectivity index (χ3n) is 3.87. The molecule has 1 fully saturated rings. The zero-order valence-corrected chi connectivity index (χ0v) is 13.6. The Labute approximate surface area is 141 Å². The molecule has 0 amide bonds. The number of benzene rings is 2. The molecular weight excluding hydrogens is 368 g/mol. The minimum atomic E-state index is -1.46. The molecule has 2 aromatic rings. The van der Waals surface area contributed by atoms with Crippen molar-refractivity contribution in [1.29, 1.82) is 0 Å². The van der Waals surface area contributed by atoms with E-state index in [-0.39, 0.29) is 0 Å². The van der Waals surface area contributed by atoms with Crippen molar-refractivity contribution in [1.82, 2.24) is 0 Å². The third kappa shape index (κ3) is 3.35. The van der Waals surface area contributed by atoms with E-state index in [2.05, 4.69) is 15.9 Å². The molecule has 4 N–H and O–H groups in total. The first kappa shape index (κ1) is 16.6. The monoisotopic (exact) mass is 384 g/mol. The Morgan fingerprint density at radius 1 is 0.957 bits per heavy atom. The van der Waals surface area contributed by atoms with Crippen LogP contribution in [0.15, 0.2) is 40.9 Å². The molecule has 0 aromatic heterocycles. The van der Waals surface area contributed by atoms with Crippen LogP contribution in [0.1, 0.15) is 0 Å². The van der Waals surface area contributed by atoms with Crippen LogP contribution in [0.5, 0.6) is 5.75 Å². The van der Waals surface area contributed by atoms with Crippen molar-refractivity contribution in [3.05, 3.63) is 40.9 Å². The summed E-state index contributed by atoms with van der Waals surface area (Å²) >= 11 is 3.41. The second-order valence-electron chi connectivity index (χ2n) is 5.47. The summed E-state index contributed by atoms with van der Waals surface area (Å²) < 4.78 is 11.9. The number of hydrogen-bond acceptors (Lipinski definition) is 6. The van der Waals surface area contributed by atoms with Crippen LogP contribution in [-0.2, 0) is 4.74 Å². The van der Waals surface area contributed by atoms with Crippen LogP contribution < -0.4 is 4.74 Å². The summed E-state index contributed by atoms with van der Waals surface area (Å²) in [6, 6.07) is 11.1. The molecule has 0 aliphatic carbocycles. The van der Waals surface area contributed by atoms with E-state index in [1.807, 2.05) is 24.3 Å². The molecule has 124 valence electrons. The molecule has 23 heavy (non-hydrogen) atoms. The highest BCUT2D eigenvalue weighted by molar-refractivity contribution is 9.10. The Bertz CT molecular complexity index is 691. The fourth-order valence-electron chi connectivity index (χ4n) is 2.57. The Morgan fingerprint density at radius 3 is 2.39 bits per heavy atom. The summed E-state index contributed by atoms with van der Waals surface area (Å²) in [5.41, 5.74) is 0. The fraction of sp³-hybridized carbons (Fsp3) is 0.375. The van der Waals surface area contributed by atoms with Crippen molar-refractivity contribution in [2.45, 2.75) is 30.7 Å². The number of hydrogen-bond donors (Lipinski definition) is 4. The second-order valence-corrected chi connectivity index (χ2v) is 6.38. The van der Waals surface area contributed by atoms with Gasteiger partial charge in [-0.2, -0.15) is 0 Å². The number of rotatable bonds is 3.